The molecular weight excluding hydrogens is 270 g/mol. The highest BCUT2D eigenvalue weighted by Gasteiger charge is 2.21. The molecule has 1 aromatic rings. The Balaban J connectivity index is 3.08. The van der Waals surface area contributed by atoms with E-state index >= 15 is 0 Å². The monoisotopic (exact) mass is 289 g/mol. The average molecular weight is 289 g/mol. The van der Waals surface area contributed by atoms with Crippen LogP contribution < -0.4 is 0 Å². The zero-order valence-electron chi connectivity index (χ0n) is 11.6. The molecule has 18 heavy (non-hydrogen) atoms. The van der Waals surface area contributed by atoms with Gasteiger partial charge in [0.15, 0.2) is 0 Å². The van der Waals surface area contributed by atoms with Crippen molar-refractivity contribution in [2.24, 2.45) is 4.36 Å². The van der Waals surface area contributed by atoms with Crippen molar-refractivity contribution in [3.8, 4) is 0 Å². The zero-order chi connectivity index (χ0) is 14.1. The van der Waals surface area contributed by atoms with E-state index in [-0.39, 0.29) is 11.1 Å². The molecule has 0 aliphatic carbocycles. The molecule has 0 spiro atoms. The van der Waals surface area contributed by atoms with Crippen LogP contribution in [0.15, 0.2) is 9.74 Å². The Morgan fingerprint density at radius 1 is 1.44 bits per heavy atom. The second kappa shape index (κ2) is 5.07. The Kier molecular flexibility index (Phi) is 4.30. The molecule has 1 heterocycles. The minimum absolute atomic E-state index is 0.0988. The van der Waals surface area contributed by atoms with Crippen LogP contribution in [0.5, 0.6) is 0 Å². The van der Waals surface area contributed by atoms with Crippen molar-refractivity contribution in [3.05, 3.63) is 16.1 Å². The van der Waals surface area contributed by atoms with E-state index in [1.807, 2.05) is 20.8 Å². The molecule has 102 valence electrons. The van der Waals surface area contributed by atoms with E-state index in [1.54, 1.807) is 19.5 Å². The first kappa shape index (κ1) is 15.3. The molecule has 1 rings (SSSR count). The molecule has 0 bridgehead atoms. The summed E-state index contributed by atoms with van der Waals surface area (Å²) in [5.41, 5.74) is 0.166. The van der Waals surface area contributed by atoms with E-state index in [9.17, 15) is 9.00 Å². The maximum atomic E-state index is 12.0. The van der Waals surface area contributed by atoms with Gasteiger partial charge in [0.05, 0.1) is 5.01 Å². The van der Waals surface area contributed by atoms with Crippen molar-refractivity contribution in [2.75, 3.05) is 20.4 Å². The van der Waals surface area contributed by atoms with E-state index in [0.29, 0.717) is 0 Å². The predicted molar refractivity (Wildman–Crippen MR) is 75.3 cm³/mol. The lowest BCUT2D eigenvalue weighted by atomic mass is 9.98. The molecule has 0 radical (unpaired) electrons. The summed E-state index contributed by atoms with van der Waals surface area (Å²) in [6.45, 7) is 6.08. The van der Waals surface area contributed by atoms with Gasteiger partial charge in [-0.25, -0.2) is 13.5 Å². The second-order valence-corrected chi connectivity index (χ2v) is 8.56. The fourth-order valence-electron chi connectivity index (χ4n) is 0.999. The van der Waals surface area contributed by atoms with Crippen molar-refractivity contribution >= 4 is 27.2 Å². The highest BCUT2D eigenvalue weighted by Crippen LogP contribution is 2.25. The summed E-state index contributed by atoms with van der Waals surface area (Å²) in [6.07, 6.45) is 1.43. The predicted octanol–water partition coefficient (Wildman–Crippen LogP) is 2.16. The first-order chi connectivity index (χ1) is 8.04. The number of carbonyl (C=O) groups excluding carboxylic acids is 1. The lowest BCUT2D eigenvalue weighted by Crippen LogP contribution is -2.21. The molecule has 1 unspecified atom stereocenters. The van der Waals surface area contributed by atoms with E-state index in [4.69, 9.17) is 0 Å². The Bertz CT molecular complexity index is 561. The molecule has 0 N–H and O–H groups in total. The molecule has 7 heteroatoms. The van der Waals surface area contributed by atoms with Gasteiger partial charge in [-0.05, 0) is 0 Å². The van der Waals surface area contributed by atoms with Crippen LogP contribution in [0.25, 0.3) is 0 Å². The highest BCUT2D eigenvalue weighted by molar-refractivity contribution is 7.90. The fraction of sp³-hybridized carbons (Fsp3) is 0.636. The maximum Gasteiger partial charge on any atom is 0.305 e. The van der Waals surface area contributed by atoms with Crippen LogP contribution in [0.4, 0.5) is 0 Å². The lowest BCUT2D eigenvalue weighted by molar-refractivity contribution is 0.1000. The Hall–Kier alpha value is -0.790. The van der Waals surface area contributed by atoms with Crippen LogP contribution in [0.2, 0.25) is 0 Å². The van der Waals surface area contributed by atoms with Gasteiger partial charge in [-0.2, -0.15) is 0 Å². The van der Waals surface area contributed by atoms with Gasteiger partial charge >= 0.3 is 5.91 Å². The summed E-state index contributed by atoms with van der Waals surface area (Å²) in [5, 5.41) is 2.53. The number of amides is 1. The highest BCUT2D eigenvalue weighted by atomic mass is 32.2. The van der Waals surface area contributed by atoms with Crippen LogP contribution in [-0.4, -0.2) is 39.8 Å². The number of rotatable bonds is 2. The van der Waals surface area contributed by atoms with E-state index in [1.165, 1.54) is 21.9 Å². The van der Waals surface area contributed by atoms with Gasteiger partial charge in [0, 0.05) is 31.1 Å². The van der Waals surface area contributed by atoms with Gasteiger partial charge in [-0.1, -0.05) is 20.8 Å². The first-order valence-electron chi connectivity index (χ1n) is 5.44. The van der Waals surface area contributed by atoms with E-state index in [0.717, 1.165) is 5.01 Å². The van der Waals surface area contributed by atoms with Gasteiger partial charge in [0.25, 0.3) is 0 Å². The van der Waals surface area contributed by atoms with E-state index in [2.05, 4.69) is 9.35 Å². The van der Waals surface area contributed by atoms with Gasteiger partial charge in [0.2, 0.25) is 0 Å². The normalized spacial score (nSPS) is 15.5. The van der Waals surface area contributed by atoms with Crippen LogP contribution in [0, 0.1) is 0 Å². The van der Waals surface area contributed by atoms with Crippen LogP contribution >= 0.6 is 11.3 Å². The van der Waals surface area contributed by atoms with Crippen molar-refractivity contribution in [3.63, 3.8) is 0 Å². The Labute approximate surface area is 113 Å². The molecule has 0 aromatic carbocycles. The number of hydrogen-bond acceptors (Lipinski definition) is 4. The van der Waals surface area contributed by atoms with Gasteiger partial charge in [-0.15, -0.1) is 15.7 Å². The standard InChI is InChI=1S/C11H19N3O2S2/c1-11(2,3)10-12-8(7-17-10)9(15)13-18(6,16)14(4)5/h7H,1-6H3. The fourth-order valence-corrected chi connectivity index (χ4v) is 2.44. The molecule has 0 aliphatic heterocycles. The van der Waals surface area contributed by atoms with Crippen LogP contribution in [0.1, 0.15) is 36.3 Å². The third-order valence-corrected chi connectivity index (χ3v) is 5.42. The number of carbonyl (C=O) groups is 1. The molecule has 1 amide bonds. The minimum atomic E-state index is -2.65. The minimum Gasteiger partial charge on any atom is -0.264 e. The third kappa shape index (κ3) is 3.60. The topological polar surface area (TPSA) is 62.6 Å². The van der Waals surface area contributed by atoms with Crippen molar-refractivity contribution in [2.45, 2.75) is 26.2 Å². The molecule has 1 aromatic heterocycles. The van der Waals surface area contributed by atoms with Gasteiger partial charge in [-0.3, -0.25) is 4.79 Å². The molecule has 1 atom stereocenters. The summed E-state index contributed by atoms with van der Waals surface area (Å²) in [5.74, 6) is -0.525. The SMILES string of the molecule is CN(C)S(C)(=O)=NC(=O)c1csc(C(C)(C)C)n1. The summed E-state index contributed by atoms with van der Waals surface area (Å²) < 4.78 is 17.2. The summed E-state index contributed by atoms with van der Waals surface area (Å²) in [7, 11) is 0.603. The Morgan fingerprint density at radius 3 is 2.39 bits per heavy atom. The van der Waals surface area contributed by atoms with Crippen molar-refractivity contribution in [1.82, 2.24) is 9.29 Å². The molecule has 0 saturated heterocycles. The van der Waals surface area contributed by atoms with Crippen molar-refractivity contribution < 1.29 is 9.00 Å². The molecule has 5 nitrogen and oxygen atoms in total. The summed E-state index contributed by atoms with van der Waals surface area (Å²) >= 11 is 1.42. The number of thiazole rings is 1. The maximum absolute atomic E-state index is 12.0. The molecule has 0 saturated carbocycles. The largest absolute Gasteiger partial charge is 0.305 e. The molecular formula is C11H19N3O2S2. The zero-order valence-corrected chi connectivity index (χ0v) is 13.2. The first-order valence-corrected chi connectivity index (χ1v) is 8.20. The third-order valence-electron chi connectivity index (χ3n) is 2.29. The van der Waals surface area contributed by atoms with E-state index < -0.39 is 15.8 Å². The number of hydrogen-bond donors (Lipinski definition) is 0. The smallest absolute Gasteiger partial charge is 0.264 e. The second-order valence-electron chi connectivity index (χ2n) is 5.26. The molecule has 0 fully saturated rings. The van der Waals surface area contributed by atoms with Gasteiger partial charge < -0.3 is 0 Å². The molecule has 0 aliphatic rings. The summed E-state index contributed by atoms with van der Waals surface area (Å²) in [6, 6.07) is 0. The van der Waals surface area contributed by atoms with Crippen LogP contribution in [-0.2, 0) is 15.3 Å². The Morgan fingerprint density at radius 2 is 2.00 bits per heavy atom. The number of nitrogens with zero attached hydrogens (tertiary/aromatic N) is 3. The number of aromatic nitrogens is 1. The van der Waals surface area contributed by atoms with Crippen LogP contribution in [0.3, 0.4) is 0 Å². The lowest BCUT2D eigenvalue weighted by Gasteiger charge is -2.13. The average Bonchev–Trinajstić information content (AvgIpc) is 2.64. The quantitative estimate of drug-likeness (QED) is 0.838. The summed E-state index contributed by atoms with van der Waals surface area (Å²) in [4.78, 5) is 16.1. The van der Waals surface area contributed by atoms with Gasteiger partial charge in [0.1, 0.15) is 15.6 Å². The van der Waals surface area contributed by atoms with Crippen molar-refractivity contribution in [1.29, 1.82) is 0 Å².